The van der Waals surface area contributed by atoms with E-state index in [1.54, 1.807) is 0 Å². The molecule has 0 unspecified atom stereocenters. The molecule has 1 aliphatic heterocycles. The van der Waals surface area contributed by atoms with Crippen molar-refractivity contribution in [2.24, 2.45) is 0 Å². The van der Waals surface area contributed by atoms with E-state index in [1.807, 2.05) is 31.2 Å². The number of hydrogen-bond donors (Lipinski definition) is 1. The molecule has 1 heterocycles. The molecule has 1 N–H and O–H groups in total. The quantitative estimate of drug-likeness (QED) is 0.871. The lowest BCUT2D eigenvalue weighted by molar-refractivity contribution is -0.117. The number of rotatable bonds is 3. The Bertz CT molecular complexity index is 466. The molecule has 0 saturated carbocycles. The second-order valence-corrected chi connectivity index (χ2v) is 3.78. The first-order valence-electron chi connectivity index (χ1n) is 5.58. The standard InChI is InChI=1S/C13H15NO3/c1-3-4-11(14-9(2)15)10-5-6-12-13(7-10)17-8-16-12/h4-7H,3,8H2,1-2H3,(H,14,15)/b11-4+. The number of hydrogen-bond acceptors (Lipinski definition) is 3. The maximum atomic E-state index is 11.1. The molecule has 1 amide bonds. The molecular formula is C13H15NO3. The average molecular weight is 233 g/mol. The number of carbonyl (C=O) groups excluding carboxylic acids is 1. The molecule has 90 valence electrons. The highest BCUT2D eigenvalue weighted by Crippen LogP contribution is 2.34. The van der Waals surface area contributed by atoms with Crippen molar-refractivity contribution in [1.29, 1.82) is 0 Å². The summed E-state index contributed by atoms with van der Waals surface area (Å²) in [6, 6.07) is 5.63. The minimum atomic E-state index is -0.0811. The van der Waals surface area contributed by atoms with Crippen LogP contribution in [-0.2, 0) is 4.79 Å². The van der Waals surface area contributed by atoms with Gasteiger partial charge in [0.2, 0.25) is 12.7 Å². The van der Waals surface area contributed by atoms with E-state index < -0.39 is 0 Å². The molecule has 0 radical (unpaired) electrons. The fraction of sp³-hybridized carbons (Fsp3) is 0.308. The summed E-state index contributed by atoms with van der Waals surface area (Å²) >= 11 is 0. The topological polar surface area (TPSA) is 47.6 Å². The Kier molecular flexibility index (Phi) is 3.32. The van der Waals surface area contributed by atoms with Gasteiger partial charge in [-0.3, -0.25) is 4.79 Å². The largest absolute Gasteiger partial charge is 0.454 e. The number of nitrogens with one attached hydrogen (secondary N) is 1. The van der Waals surface area contributed by atoms with E-state index >= 15 is 0 Å². The Morgan fingerprint density at radius 1 is 1.41 bits per heavy atom. The zero-order valence-electron chi connectivity index (χ0n) is 9.95. The lowest BCUT2D eigenvalue weighted by Gasteiger charge is -2.09. The Morgan fingerprint density at radius 2 is 2.18 bits per heavy atom. The fourth-order valence-electron chi connectivity index (χ4n) is 1.70. The number of fused-ring (bicyclic) bond motifs is 1. The second kappa shape index (κ2) is 4.91. The molecule has 1 aromatic rings. The molecule has 0 saturated heterocycles. The molecule has 1 aromatic carbocycles. The van der Waals surface area contributed by atoms with E-state index in [0.29, 0.717) is 0 Å². The monoisotopic (exact) mass is 233 g/mol. The smallest absolute Gasteiger partial charge is 0.231 e. The molecule has 1 aliphatic rings. The summed E-state index contributed by atoms with van der Waals surface area (Å²) in [5.41, 5.74) is 1.73. The van der Waals surface area contributed by atoms with Crippen molar-refractivity contribution in [3.8, 4) is 11.5 Å². The van der Waals surface area contributed by atoms with Gasteiger partial charge in [-0.1, -0.05) is 13.0 Å². The molecule has 0 spiro atoms. The average Bonchev–Trinajstić information content (AvgIpc) is 2.74. The summed E-state index contributed by atoms with van der Waals surface area (Å²) in [5.74, 6) is 1.38. The first kappa shape index (κ1) is 11.5. The van der Waals surface area contributed by atoms with Crippen molar-refractivity contribution in [2.45, 2.75) is 20.3 Å². The van der Waals surface area contributed by atoms with Crippen LogP contribution in [0.1, 0.15) is 25.8 Å². The van der Waals surface area contributed by atoms with Crippen molar-refractivity contribution >= 4 is 11.6 Å². The molecule has 0 bridgehead atoms. The van der Waals surface area contributed by atoms with Gasteiger partial charge in [-0.15, -0.1) is 0 Å². The van der Waals surface area contributed by atoms with Gasteiger partial charge < -0.3 is 14.8 Å². The Hall–Kier alpha value is -1.97. The van der Waals surface area contributed by atoms with Crippen molar-refractivity contribution in [2.75, 3.05) is 6.79 Å². The van der Waals surface area contributed by atoms with Crippen LogP contribution in [0.4, 0.5) is 0 Å². The summed E-state index contributed by atoms with van der Waals surface area (Å²) in [5, 5.41) is 2.81. The molecule has 0 atom stereocenters. The molecule has 17 heavy (non-hydrogen) atoms. The van der Waals surface area contributed by atoms with Crippen LogP contribution in [0.2, 0.25) is 0 Å². The molecule has 0 fully saturated rings. The molecule has 2 rings (SSSR count). The number of benzene rings is 1. The predicted molar refractivity (Wildman–Crippen MR) is 64.6 cm³/mol. The lowest BCUT2D eigenvalue weighted by atomic mass is 10.1. The van der Waals surface area contributed by atoms with E-state index in [4.69, 9.17) is 9.47 Å². The molecule has 4 nitrogen and oxygen atoms in total. The van der Waals surface area contributed by atoms with Crippen LogP contribution in [0.3, 0.4) is 0 Å². The van der Waals surface area contributed by atoms with Crippen molar-refractivity contribution in [3.63, 3.8) is 0 Å². The van der Waals surface area contributed by atoms with Gasteiger partial charge in [0, 0.05) is 18.2 Å². The summed E-state index contributed by atoms with van der Waals surface area (Å²) < 4.78 is 10.6. The summed E-state index contributed by atoms with van der Waals surface area (Å²) in [6.07, 6.45) is 2.82. The first-order chi connectivity index (χ1) is 8.20. The van der Waals surface area contributed by atoms with Gasteiger partial charge in [0.1, 0.15) is 0 Å². The predicted octanol–water partition coefficient (Wildman–Crippen LogP) is 2.30. The van der Waals surface area contributed by atoms with Gasteiger partial charge in [-0.25, -0.2) is 0 Å². The Morgan fingerprint density at radius 3 is 2.88 bits per heavy atom. The van der Waals surface area contributed by atoms with Gasteiger partial charge in [0.15, 0.2) is 11.5 Å². The van der Waals surface area contributed by atoms with Crippen LogP contribution < -0.4 is 14.8 Å². The van der Waals surface area contributed by atoms with E-state index in [9.17, 15) is 4.79 Å². The third-order valence-corrected chi connectivity index (χ3v) is 2.40. The number of allylic oxidation sites excluding steroid dienone is 1. The molecule has 0 aromatic heterocycles. The first-order valence-corrected chi connectivity index (χ1v) is 5.58. The molecule has 0 aliphatic carbocycles. The van der Waals surface area contributed by atoms with Crippen LogP contribution >= 0.6 is 0 Å². The highest BCUT2D eigenvalue weighted by Gasteiger charge is 2.14. The van der Waals surface area contributed by atoms with Crippen molar-refractivity contribution in [3.05, 3.63) is 29.8 Å². The van der Waals surface area contributed by atoms with Crippen LogP contribution in [0.5, 0.6) is 11.5 Å². The van der Waals surface area contributed by atoms with Gasteiger partial charge in [-0.2, -0.15) is 0 Å². The van der Waals surface area contributed by atoms with Crippen LogP contribution in [0.15, 0.2) is 24.3 Å². The summed E-state index contributed by atoms with van der Waals surface area (Å²) in [7, 11) is 0. The van der Waals surface area contributed by atoms with Crippen LogP contribution in [0.25, 0.3) is 5.70 Å². The number of carbonyl (C=O) groups is 1. The number of amides is 1. The fourth-order valence-corrected chi connectivity index (χ4v) is 1.70. The van der Waals surface area contributed by atoms with E-state index in [-0.39, 0.29) is 12.7 Å². The maximum Gasteiger partial charge on any atom is 0.231 e. The molecule has 4 heteroatoms. The molecular weight excluding hydrogens is 218 g/mol. The van der Waals surface area contributed by atoms with Gasteiger partial charge in [0.05, 0.1) is 0 Å². The summed E-state index contributed by atoms with van der Waals surface area (Å²) in [4.78, 5) is 11.1. The Balaban J connectivity index is 2.30. The van der Waals surface area contributed by atoms with E-state index in [0.717, 1.165) is 29.2 Å². The minimum absolute atomic E-state index is 0.0811. The third kappa shape index (κ3) is 2.58. The van der Waals surface area contributed by atoms with E-state index in [1.165, 1.54) is 6.92 Å². The third-order valence-electron chi connectivity index (χ3n) is 2.40. The van der Waals surface area contributed by atoms with Crippen molar-refractivity contribution < 1.29 is 14.3 Å². The van der Waals surface area contributed by atoms with Crippen LogP contribution in [0, 0.1) is 0 Å². The second-order valence-electron chi connectivity index (χ2n) is 3.78. The highest BCUT2D eigenvalue weighted by molar-refractivity contribution is 5.85. The van der Waals surface area contributed by atoms with Crippen LogP contribution in [-0.4, -0.2) is 12.7 Å². The maximum absolute atomic E-state index is 11.1. The SMILES string of the molecule is CC/C=C(/NC(C)=O)c1ccc2c(c1)OCO2. The Labute approximate surface area is 100 Å². The zero-order chi connectivity index (χ0) is 12.3. The highest BCUT2D eigenvalue weighted by atomic mass is 16.7. The van der Waals surface area contributed by atoms with E-state index in [2.05, 4.69) is 5.32 Å². The number of ether oxygens (including phenoxy) is 2. The zero-order valence-corrected chi connectivity index (χ0v) is 9.95. The minimum Gasteiger partial charge on any atom is -0.454 e. The van der Waals surface area contributed by atoms with Gasteiger partial charge in [0.25, 0.3) is 0 Å². The summed E-state index contributed by atoms with van der Waals surface area (Å²) in [6.45, 7) is 3.77. The van der Waals surface area contributed by atoms with Gasteiger partial charge in [-0.05, 0) is 24.6 Å². The van der Waals surface area contributed by atoms with Crippen molar-refractivity contribution in [1.82, 2.24) is 5.32 Å². The lowest BCUT2D eigenvalue weighted by Crippen LogP contribution is -2.18. The van der Waals surface area contributed by atoms with Gasteiger partial charge >= 0.3 is 0 Å². The normalized spacial score (nSPS) is 13.6.